The predicted molar refractivity (Wildman–Crippen MR) is 63.8 cm³/mol. The first-order valence-electron chi connectivity index (χ1n) is 4.36. The van der Waals surface area contributed by atoms with Crippen molar-refractivity contribution in [3.63, 3.8) is 0 Å². The van der Waals surface area contributed by atoms with Gasteiger partial charge >= 0.3 is 0 Å². The summed E-state index contributed by atoms with van der Waals surface area (Å²) < 4.78 is -0.128. The van der Waals surface area contributed by atoms with E-state index in [1.165, 1.54) is 0 Å². The normalized spacial score (nSPS) is 12.2. The van der Waals surface area contributed by atoms with E-state index in [2.05, 4.69) is 52.6 Å². The van der Waals surface area contributed by atoms with Gasteiger partial charge in [-0.1, -0.05) is 70.8 Å². The molecule has 0 aliphatic carbocycles. The van der Waals surface area contributed by atoms with Crippen molar-refractivity contribution in [3.05, 3.63) is 0 Å². The summed E-state index contributed by atoms with van der Waals surface area (Å²) in [5, 5.41) is 0.412. The lowest BCUT2D eigenvalue weighted by molar-refractivity contribution is -0.111. The summed E-state index contributed by atoms with van der Waals surface area (Å²) in [4.78, 5) is 11.8. The molecule has 1 nitrogen and oxygen atoms in total. The maximum atomic E-state index is 11.8. The molecular formula is C8H16Br2OSi. The van der Waals surface area contributed by atoms with Crippen LogP contribution in [-0.4, -0.2) is 17.2 Å². The zero-order valence-electron chi connectivity index (χ0n) is 7.86. The fourth-order valence-electron chi connectivity index (χ4n) is 1.50. The van der Waals surface area contributed by atoms with Gasteiger partial charge in [-0.15, -0.1) is 0 Å². The Morgan fingerprint density at radius 3 is 1.58 bits per heavy atom. The van der Waals surface area contributed by atoms with E-state index in [0.717, 1.165) is 18.1 Å². The van der Waals surface area contributed by atoms with E-state index in [-0.39, 0.29) is 3.74 Å². The van der Waals surface area contributed by atoms with Gasteiger partial charge in [-0.05, 0) is 0 Å². The molecule has 0 atom stereocenters. The van der Waals surface area contributed by atoms with Crippen molar-refractivity contribution in [2.45, 2.75) is 42.6 Å². The second-order valence-corrected chi connectivity index (χ2v) is 11.2. The van der Waals surface area contributed by atoms with Crippen LogP contribution in [0.1, 0.15) is 20.8 Å². The molecule has 0 aromatic heterocycles. The minimum absolute atomic E-state index is 0.128. The molecule has 12 heavy (non-hydrogen) atoms. The number of rotatable bonds is 5. The fraction of sp³-hybridized carbons (Fsp3) is 0.875. The van der Waals surface area contributed by atoms with Gasteiger partial charge in [0.15, 0.2) is 0 Å². The van der Waals surface area contributed by atoms with Gasteiger partial charge in [0.1, 0.15) is 17.2 Å². The molecular weight excluding hydrogens is 300 g/mol. The maximum absolute atomic E-state index is 11.8. The first-order valence-corrected chi connectivity index (χ1v) is 8.81. The van der Waals surface area contributed by atoms with Gasteiger partial charge in [-0.3, -0.25) is 0 Å². The summed E-state index contributed by atoms with van der Waals surface area (Å²) in [5.74, 6) is 0. The van der Waals surface area contributed by atoms with Gasteiger partial charge in [0.05, 0.1) is 0 Å². The third-order valence-electron chi connectivity index (χ3n) is 2.75. The molecule has 0 N–H and O–H groups in total. The highest BCUT2D eigenvalue weighted by Crippen LogP contribution is 2.26. The molecule has 0 amide bonds. The molecule has 0 aliphatic rings. The lowest BCUT2D eigenvalue weighted by Gasteiger charge is -2.26. The van der Waals surface area contributed by atoms with Crippen molar-refractivity contribution in [2.75, 3.05) is 0 Å². The molecule has 0 fully saturated rings. The predicted octanol–water partition coefficient (Wildman–Crippen LogP) is 3.72. The molecule has 0 rings (SSSR count). The summed E-state index contributed by atoms with van der Waals surface area (Å²) in [7, 11) is -1.62. The van der Waals surface area contributed by atoms with Gasteiger partial charge in [0.25, 0.3) is 0 Å². The Hall–Kier alpha value is 0.847. The Balaban J connectivity index is 4.59. The lowest BCUT2D eigenvalue weighted by atomic mass is 10.9. The Bertz CT molecular complexity index is 147. The van der Waals surface area contributed by atoms with E-state index >= 15 is 0 Å². The highest BCUT2D eigenvalue weighted by molar-refractivity contribution is 9.25. The molecule has 4 heteroatoms. The topological polar surface area (TPSA) is 17.1 Å². The zero-order chi connectivity index (χ0) is 9.78. The van der Waals surface area contributed by atoms with Gasteiger partial charge in [0.2, 0.25) is 0 Å². The Labute approximate surface area is 92.6 Å². The molecule has 0 heterocycles. The summed E-state index contributed by atoms with van der Waals surface area (Å²) in [6, 6.07) is 3.19. The quantitative estimate of drug-likeness (QED) is 0.558. The minimum Gasteiger partial charge on any atom is -0.303 e. The second-order valence-electron chi connectivity index (χ2n) is 3.01. The molecule has 0 aromatic rings. The molecule has 0 aliphatic heterocycles. The number of halogens is 2. The molecule has 0 saturated carbocycles. The van der Waals surface area contributed by atoms with E-state index in [1.807, 2.05) is 0 Å². The summed E-state index contributed by atoms with van der Waals surface area (Å²) in [6.45, 7) is 6.42. The van der Waals surface area contributed by atoms with Crippen molar-refractivity contribution in [3.8, 4) is 0 Å². The summed E-state index contributed by atoms with van der Waals surface area (Å²) in [5.41, 5.74) is 0. The van der Waals surface area contributed by atoms with Gasteiger partial charge < -0.3 is 4.79 Å². The van der Waals surface area contributed by atoms with E-state index in [1.54, 1.807) is 0 Å². The third-order valence-corrected chi connectivity index (χ3v) is 9.82. The van der Waals surface area contributed by atoms with Crippen LogP contribution in [-0.2, 0) is 4.79 Å². The van der Waals surface area contributed by atoms with E-state index in [9.17, 15) is 4.79 Å². The Morgan fingerprint density at radius 1 is 1.17 bits per heavy atom. The molecule has 0 aromatic carbocycles. The minimum atomic E-state index is -1.62. The Morgan fingerprint density at radius 2 is 1.50 bits per heavy atom. The van der Waals surface area contributed by atoms with E-state index < -0.39 is 8.07 Å². The van der Waals surface area contributed by atoms with E-state index in [4.69, 9.17) is 0 Å². The number of carbonyl (C=O) groups excluding carboxylic acids is 1. The molecule has 0 bridgehead atoms. The van der Waals surface area contributed by atoms with Crippen LogP contribution in [0.4, 0.5) is 0 Å². The third kappa shape index (κ3) is 2.67. The van der Waals surface area contributed by atoms with Crippen LogP contribution < -0.4 is 0 Å². The zero-order valence-corrected chi connectivity index (χ0v) is 12.0. The molecule has 0 unspecified atom stereocenters. The first-order chi connectivity index (χ1) is 5.54. The molecule has 0 radical (unpaired) electrons. The van der Waals surface area contributed by atoms with Crippen LogP contribution in [0, 0.1) is 0 Å². The first kappa shape index (κ1) is 12.8. The molecule has 0 spiro atoms. The van der Waals surface area contributed by atoms with Gasteiger partial charge in [-0.2, -0.15) is 0 Å². The van der Waals surface area contributed by atoms with Gasteiger partial charge in [-0.25, -0.2) is 0 Å². The maximum Gasteiger partial charge on any atom is 0.135 e. The highest BCUT2D eigenvalue weighted by atomic mass is 79.9. The largest absolute Gasteiger partial charge is 0.303 e. The van der Waals surface area contributed by atoms with Crippen LogP contribution in [0.3, 0.4) is 0 Å². The van der Waals surface area contributed by atoms with Crippen molar-refractivity contribution in [1.29, 1.82) is 0 Å². The average Bonchev–Trinajstić information content (AvgIpc) is 2.08. The summed E-state index contributed by atoms with van der Waals surface area (Å²) in [6.07, 6.45) is 0. The number of hydrogen-bond donors (Lipinski definition) is 0. The monoisotopic (exact) mass is 314 g/mol. The van der Waals surface area contributed by atoms with Crippen LogP contribution in [0.5, 0.6) is 0 Å². The van der Waals surface area contributed by atoms with Crippen molar-refractivity contribution in [2.24, 2.45) is 0 Å². The van der Waals surface area contributed by atoms with Gasteiger partial charge in [0, 0.05) is 0 Å². The number of carbonyl (C=O) groups is 1. The van der Waals surface area contributed by atoms with Crippen LogP contribution in [0.15, 0.2) is 0 Å². The Kier molecular flexibility index (Phi) is 5.94. The van der Waals surface area contributed by atoms with Crippen molar-refractivity contribution in [1.82, 2.24) is 0 Å². The van der Waals surface area contributed by atoms with Crippen LogP contribution >= 0.6 is 31.9 Å². The van der Waals surface area contributed by atoms with Crippen LogP contribution in [0.2, 0.25) is 18.1 Å². The lowest BCUT2D eigenvalue weighted by Crippen LogP contribution is -2.45. The highest BCUT2D eigenvalue weighted by Gasteiger charge is 2.37. The molecule has 0 saturated heterocycles. The standard InChI is InChI=1S/C8H16Br2OSi/c1-4-12(5-2,6-3)8(11)7(9)10/h7H,4-6H2,1-3H3. The van der Waals surface area contributed by atoms with E-state index in [0.29, 0.717) is 5.41 Å². The van der Waals surface area contributed by atoms with Crippen LogP contribution in [0.25, 0.3) is 0 Å². The molecule has 72 valence electrons. The second kappa shape index (κ2) is 5.55. The smallest absolute Gasteiger partial charge is 0.135 e. The SMILES string of the molecule is CC[Si](CC)(CC)C(=O)C(Br)Br. The fourth-order valence-corrected chi connectivity index (χ4v) is 7.43. The average molecular weight is 316 g/mol. The van der Waals surface area contributed by atoms with Crippen molar-refractivity contribution < 1.29 is 4.79 Å². The number of alkyl halides is 2. The number of hydrogen-bond acceptors (Lipinski definition) is 1. The van der Waals surface area contributed by atoms with Crippen molar-refractivity contribution >= 4 is 45.3 Å². The summed E-state index contributed by atoms with van der Waals surface area (Å²) >= 11 is 6.60.